The van der Waals surface area contributed by atoms with Crippen molar-refractivity contribution in [3.05, 3.63) is 11.6 Å². The first-order valence-electron chi connectivity index (χ1n) is 7.98. The summed E-state index contributed by atoms with van der Waals surface area (Å²) in [5.74, 6) is -0.435. The van der Waals surface area contributed by atoms with E-state index >= 15 is 0 Å². The lowest BCUT2D eigenvalue weighted by Crippen LogP contribution is -2.42. The summed E-state index contributed by atoms with van der Waals surface area (Å²) >= 11 is 0. The van der Waals surface area contributed by atoms with Crippen molar-refractivity contribution in [1.82, 2.24) is 5.32 Å². The van der Waals surface area contributed by atoms with Crippen LogP contribution in [0.5, 0.6) is 0 Å². The third kappa shape index (κ3) is 4.68. The first-order chi connectivity index (χ1) is 10.5. The lowest BCUT2D eigenvalue weighted by atomic mass is 9.83. The smallest absolute Gasteiger partial charge is 0.333 e. The van der Waals surface area contributed by atoms with Crippen molar-refractivity contribution in [2.45, 2.75) is 52.5 Å². The quantitative estimate of drug-likeness (QED) is 0.551. The summed E-state index contributed by atoms with van der Waals surface area (Å²) in [4.78, 5) is 34.6. The Morgan fingerprint density at radius 2 is 2.05 bits per heavy atom. The van der Waals surface area contributed by atoms with Crippen molar-refractivity contribution in [2.75, 3.05) is 7.11 Å². The normalized spacial score (nSPS) is 22.1. The summed E-state index contributed by atoms with van der Waals surface area (Å²) in [5, 5.41) is 2.97. The average Bonchev–Trinajstić information content (AvgIpc) is 2.94. The number of methoxy groups -OCH3 is 1. The van der Waals surface area contributed by atoms with Crippen LogP contribution in [-0.2, 0) is 19.1 Å². The Kier molecular flexibility index (Phi) is 7.28. The summed E-state index contributed by atoms with van der Waals surface area (Å²) in [7, 11) is 1.34. The van der Waals surface area contributed by atoms with Crippen LogP contribution in [0.3, 0.4) is 0 Å². The molecule has 22 heavy (non-hydrogen) atoms. The Hall–Kier alpha value is -1.65. The molecule has 3 atom stereocenters. The van der Waals surface area contributed by atoms with Crippen molar-refractivity contribution in [2.24, 2.45) is 17.8 Å². The Balaban J connectivity index is 2.98. The van der Waals surface area contributed by atoms with Crippen LogP contribution in [0.4, 0.5) is 0 Å². The highest BCUT2D eigenvalue weighted by Gasteiger charge is 2.36. The number of amides is 1. The van der Waals surface area contributed by atoms with E-state index in [0.717, 1.165) is 25.5 Å². The van der Waals surface area contributed by atoms with E-state index in [9.17, 15) is 14.4 Å². The molecule has 0 bridgehead atoms. The molecule has 0 saturated heterocycles. The summed E-state index contributed by atoms with van der Waals surface area (Å²) in [6.45, 7) is 5.73. The maximum absolute atomic E-state index is 11.7. The second kappa shape index (κ2) is 8.71. The molecule has 0 spiro atoms. The van der Waals surface area contributed by atoms with Crippen LogP contribution < -0.4 is 5.32 Å². The zero-order valence-electron chi connectivity index (χ0n) is 13.9. The highest BCUT2D eigenvalue weighted by Crippen LogP contribution is 2.35. The number of carbonyl (C=O) groups is 3. The number of hydrogen-bond acceptors (Lipinski definition) is 4. The van der Waals surface area contributed by atoms with Gasteiger partial charge in [-0.1, -0.05) is 32.8 Å². The van der Waals surface area contributed by atoms with Crippen molar-refractivity contribution < 1.29 is 19.1 Å². The number of ether oxygens (including phenoxy) is 1. The molecule has 1 aliphatic rings. The first kappa shape index (κ1) is 18.4. The van der Waals surface area contributed by atoms with E-state index in [1.54, 1.807) is 0 Å². The third-order valence-corrected chi connectivity index (χ3v) is 4.56. The summed E-state index contributed by atoms with van der Waals surface area (Å²) in [5.41, 5.74) is 0.532. The summed E-state index contributed by atoms with van der Waals surface area (Å²) in [6.07, 6.45) is 5.95. The number of esters is 1. The van der Waals surface area contributed by atoms with E-state index < -0.39 is 5.97 Å². The molecule has 0 fully saturated rings. The maximum Gasteiger partial charge on any atom is 0.333 e. The van der Waals surface area contributed by atoms with Gasteiger partial charge in [-0.05, 0) is 18.8 Å². The van der Waals surface area contributed by atoms with Crippen LogP contribution in [-0.4, -0.2) is 31.3 Å². The predicted octanol–water partition coefficient (Wildman–Crippen LogP) is 2.25. The number of hydrogen-bond donors (Lipinski definition) is 1. The minimum atomic E-state index is -0.390. The lowest BCUT2D eigenvalue weighted by Gasteiger charge is -2.29. The van der Waals surface area contributed by atoms with E-state index in [1.807, 2.05) is 6.08 Å². The minimum absolute atomic E-state index is 0.111. The van der Waals surface area contributed by atoms with Crippen molar-refractivity contribution >= 4 is 18.2 Å². The van der Waals surface area contributed by atoms with Gasteiger partial charge in [0.25, 0.3) is 0 Å². The average molecular weight is 309 g/mol. The highest BCUT2D eigenvalue weighted by molar-refractivity contribution is 5.90. The molecule has 1 rings (SSSR count). The lowest BCUT2D eigenvalue weighted by molar-refractivity contribution is -0.136. The number of rotatable bonds is 8. The van der Waals surface area contributed by atoms with Crippen LogP contribution in [0.25, 0.3) is 0 Å². The fourth-order valence-corrected chi connectivity index (χ4v) is 3.20. The molecule has 0 heterocycles. The van der Waals surface area contributed by atoms with Crippen LogP contribution in [0.15, 0.2) is 11.6 Å². The van der Waals surface area contributed by atoms with Gasteiger partial charge in [-0.25, -0.2) is 4.79 Å². The number of carbonyl (C=O) groups excluding carboxylic acids is 3. The Morgan fingerprint density at radius 3 is 2.50 bits per heavy atom. The minimum Gasteiger partial charge on any atom is -0.466 e. The zero-order valence-corrected chi connectivity index (χ0v) is 13.9. The summed E-state index contributed by atoms with van der Waals surface area (Å²) < 4.78 is 4.75. The van der Waals surface area contributed by atoms with Gasteiger partial charge in [-0.15, -0.1) is 0 Å². The second-order valence-electron chi connectivity index (χ2n) is 5.99. The predicted molar refractivity (Wildman–Crippen MR) is 84.1 cm³/mol. The van der Waals surface area contributed by atoms with E-state index in [0.29, 0.717) is 17.9 Å². The largest absolute Gasteiger partial charge is 0.466 e. The molecule has 5 nitrogen and oxygen atoms in total. The number of nitrogens with one attached hydrogen (secondary N) is 1. The SMILES string of the molecule is CCC(CC)C[C@H](NC(C)=O)[C@@H]1C=C(C(=O)OC)C[C@H]1C=O. The molecule has 5 heteroatoms. The molecule has 0 aromatic rings. The van der Waals surface area contributed by atoms with E-state index in [1.165, 1.54) is 14.0 Å². The molecule has 0 aromatic heterocycles. The zero-order chi connectivity index (χ0) is 16.7. The standard InChI is InChI=1S/C17H27NO4/c1-5-12(6-2)7-16(18-11(3)20)15-9-13(17(21)22-4)8-14(15)10-19/h9-10,12,14-16H,5-8H2,1-4H3,(H,18,20)/t14-,15+,16-/m0/s1. The highest BCUT2D eigenvalue weighted by atomic mass is 16.5. The van der Waals surface area contributed by atoms with Gasteiger partial charge in [-0.2, -0.15) is 0 Å². The fraction of sp³-hybridized carbons (Fsp3) is 0.706. The molecule has 1 N–H and O–H groups in total. The fourth-order valence-electron chi connectivity index (χ4n) is 3.20. The van der Waals surface area contributed by atoms with Crippen LogP contribution >= 0.6 is 0 Å². The molecule has 0 radical (unpaired) electrons. The molecular formula is C17H27NO4. The molecule has 0 aromatic carbocycles. The monoisotopic (exact) mass is 309 g/mol. The van der Waals surface area contributed by atoms with Crippen molar-refractivity contribution in [3.63, 3.8) is 0 Å². The van der Waals surface area contributed by atoms with Gasteiger partial charge < -0.3 is 14.8 Å². The molecule has 1 aliphatic carbocycles. The van der Waals surface area contributed by atoms with E-state index in [-0.39, 0.29) is 23.8 Å². The molecule has 0 unspecified atom stereocenters. The Labute approximate surface area is 132 Å². The van der Waals surface area contributed by atoms with Gasteiger partial charge in [0, 0.05) is 30.4 Å². The molecule has 0 saturated carbocycles. The van der Waals surface area contributed by atoms with Gasteiger partial charge in [0.05, 0.1) is 7.11 Å². The second-order valence-corrected chi connectivity index (χ2v) is 5.99. The molecule has 0 aliphatic heterocycles. The molecule has 124 valence electrons. The number of aldehydes is 1. The first-order valence-corrected chi connectivity index (χ1v) is 7.98. The Morgan fingerprint density at radius 1 is 1.41 bits per heavy atom. The topological polar surface area (TPSA) is 72.5 Å². The maximum atomic E-state index is 11.7. The van der Waals surface area contributed by atoms with Crippen LogP contribution in [0.2, 0.25) is 0 Å². The van der Waals surface area contributed by atoms with Crippen LogP contribution in [0.1, 0.15) is 46.5 Å². The van der Waals surface area contributed by atoms with Gasteiger partial charge in [-0.3, -0.25) is 4.79 Å². The van der Waals surface area contributed by atoms with E-state index in [4.69, 9.17) is 4.74 Å². The molecular weight excluding hydrogens is 282 g/mol. The van der Waals surface area contributed by atoms with Gasteiger partial charge >= 0.3 is 5.97 Å². The molecule has 1 amide bonds. The summed E-state index contributed by atoms with van der Waals surface area (Å²) in [6, 6.07) is -0.125. The van der Waals surface area contributed by atoms with Gasteiger partial charge in [0.2, 0.25) is 5.91 Å². The third-order valence-electron chi connectivity index (χ3n) is 4.56. The van der Waals surface area contributed by atoms with Crippen LogP contribution in [0, 0.1) is 17.8 Å². The van der Waals surface area contributed by atoms with Crippen molar-refractivity contribution in [3.8, 4) is 0 Å². The van der Waals surface area contributed by atoms with Crippen molar-refractivity contribution in [1.29, 1.82) is 0 Å². The van der Waals surface area contributed by atoms with Gasteiger partial charge in [0.1, 0.15) is 6.29 Å². The Bertz CT molecular complexity index is 440. The van der Waals surface area contributed by atoms with Gasteiger partial charge in [0.15, 0.2) is 0 Å². The van der Waals surface area contributed by atoms with E-state index in [2.05, 4.69) is 19.2 Å².